The van der Waals surface area contributed by atoms with Crippen LogP contribution >= 0.6 is 0 Å². The number of rotatable bonds is 5. The zero-order chi connectivity index (χ0) is 21.4. The van der Waals surface area contributed by atoms with Crippen molar-refractivity contribution in [2.45, 2.75) is 90.6 Å². The molecule has 2 saturated heterocycles. The number of aliphatic hydroxyl groups excluding tert-OH is 1. The molecule has 0 saturated carbocycles. The van der Waals surface area contributed by atoms with Crippen molar-refractivity contribution in [2.24, 2.45) is 5.92 Å². The highest BCUT2D eigenvalue weighted by Crippen LogP contribution is 2.46. The Hall–Kier alpha value is -1.83. The van der Waals surface area contributed by atoms with E-state index in [4.69, 9.17) is 4.74 Å². The van der Waals surface area contributed by atoms with E-state index in [1.807, 2.05) is 20.8 Å². The van der Waals surface area contributed by atoms with Crippen molar-refractivity contribution in [2.75, 3.05) is 13.1 Å². The molecular formula is C20H35N3O5. The third-order valence-corrected chi connectivity index (χ3v) is 5.46. The van der Waals surface area contributed by atoms with E-state index < -0.39 is 29.4 Å². The van der Waals surface area contributed by atoms with Crippen molar-refractivity contribution in [3.05, 3.63) is 0 Å². The minimum Gasteiger partial charge on any atom is -0.444 e. The Labute approximate surface area is 167 Å². The lowest BCUT2D eigenvalue weighted by Crippen LogP contribution is -2.81. The van der Waals surface area contributed by atoms with Crippen LogP contribution in [-0.4, -0.2) is 75.2 Å². The maximum absolute atomic E-state index is 13.3. The summed E-state index contributed by atoms with van der Waals surface area (Å²) >= 11 is 0. The van der Waals surface area contributed by atoms with Gasteiger partial charge in [0, 0.05) is 13.1 Å². The predicted octanol–water partition coefficient (Wildman–Crippen LogP) is 1.51. The number of ether oxygens (including phenoxy) is 1. The first-order valence-corrected chi connectivity index (χ1v) is 10.1. The maximum Gasteiger partial charge on any atom is 0.411 e. The second-order valence-corrected chi connectivity index (χ2v) is 9.37. The normalized spacial score (nSPS) is 27.0. The number of nitrogens with one attached hydrogen (secondary N) is 1. The maximum atomic E-state index is 13.3. The van der Waals surface area contributed by atoms with E-state index in [9.17, 15) is 19.5 Å². The van der Waals surface area contributed by atoms with Gasteiger partial charge < -0.3 is 20.1 Å². The summed E-state index contributed by atoms with van der Waals surface area (Å²) in [6.07, 6.45) is -0.305. The van der Waals surface area contributed by atoms with Gasteiger partial charge in [0.15, 0.2) is 0 Å². The molecule has 1 spiro atoms. The average Bonchev–Trinajstić information content (AvgIpc) is 3.02. The zero-order valence-corrected chi connectivity index (χ0v) is 18.1. The molecule has 160 valence electrons. The number of likely N-dealkylation sites (tertiary alicyclic amines) is 2. The zero-order valence-electron chi connectivity index (χ0n) is 18.1. The monoisotopic (exact) mass is 397 g/mol. The van der Waals surface area contributed by atoms with Crippen molar-refractivity contribution in [1.29, 1.82) is 0 Å². The average molecular weight is 398 g/mol. The van der Waals surface area contributed by atoms with Crippen LogP contribution in [0.25, 0.3) is 0 Å². The standard InChI is InChI=1S/C20H35N3O5/c1-12(2)11-21-16(25)15(13(3)24)23-14(4)20(17(23)26)9-8-10-22(20)18(27)28-19(5,6)7/h12-15,24H,8-11H2,1-7H3,(H,21,25)/t13-,14?,15+,20?/m1/s1. The van der Waals surface area contributed by atoms with Gasteiger partial charge in [0.2, 0.25) is 5.91 Å². The minimum absolute atomic E-state index is 0.256. The molecule has 4 atom stereocenters. The molecule has 2 aliphatic heterocycles. The lowest BCUT2D eigenvalue weighted by molar-refractivity contribution is -0.183. The van der Waals surface area contributed by atoms with Crippen molar-refractivity contribution in [1.82, 2.24) is 15.1 Å². The van der Waals surface area contributed by atoms with E-state index >= 15 is 0 Å². The molecule has 2 aliphatic rings. The first kappa shape index (κ1) is 22.5. The first-order valence-electron chi connectivity index (χ1n) is 10.1. The summed E-state index contributed by atoms with van der Waals surface area (Å²) in [4.78, 5) is 41.5. The highest BCUT2D eigenvalue weighted by Gasteiger charge is 2.67. The molecule has 0 aromatic heterocycles. The summed E-state index contributed by atoms with van der Waals surface area (Å²) in [7, 11) is 0. The summed E-state index contributed by atoms with van der Waals surface area (Å²) in [6.45, 7) is 13.5. The number of amides is 3. The lowest BCUT2D eigenvalue weighted by Gasteiger charge is -2.58. The molecule has 8 heteroatoms. The topological polar surface area (TPSA) is 99.2 Å². The van der Waals surface area contributed by atoms with Gasteiger partial charge in [-0.05, 0) is 53.4 Å². The van der Waals surface area contributed by atoms with E-state index in [1.165, 1.54) is 16.7 Å². The van der Waals surface area contributed by atoms with Crippen molar-refractivity contribution in [3.63, 3.8) is 0 Å². The van der Waals surface area contributed by atoms with Crippen molar-refractivity contribution >= 4 is 17.9 Å². The summed E-state index contributed by atoms with van der Waals surface area (Å²) in [6, 6.07) is -1.37. The molecule has 0 bridgehead atoms. The number of carbonyl (C=O) groups is 3. The van der Waals surface area contributed by atoms with Crippen LogP contribution in [-0.2, 0) is 14.3 Å². The number of aliphatic hydroxyl groups is 1. The van der Waals surface area contributed by atoms with Crippen molar-refractivity contribution in [3.8, 4) is 0 Å². The first-order chi connectivity index (χ1) is 12.8. The van der Waals surface area contributed by atoms with Gasteiger partial charge in [0.25, 0.3) is 5.91 Å². The second kappa shape index (κ2) is 7.89. The highest BCUT2D eigenvalue weighted by molar-refractivity contribution is 6.01. The number of hydrogen-bond acceptors (Lipinski definition) is 5. The quantitative estimate of drug-likeness (QED) is 0.685. The molecule has 2 heterocycles. The summed E-state index contributed by atoms with van der Waals surface area (Å²) in [5.74, 6) is -0.415. The Bertz CT molecular complexity index is 628. The lowest BCUT2D eigenvalue weighted by atomic mass is 9.75. The molecule has 3 amide bonds. The Kier molecular flexibility index (Phi) is 6.33. The Morgan fingerprint density at radius 3 is 2.39 bits per heavy atom. The SMILES string of the molecule is CC(C)CNC(=O)[C@H]([C@@H](C)O)N1C(=O)C2(CCCN2C(=O)OC(C)(C)C)C1C. The predicted molar refractivity (Wildman–Crippen MR) is 105 cm³/mol. The number of β-lactam (4-membered cyclic amide) rings is 1. The Balaban J connectivity index is 2.22. The van der Waals surface area contributed by atoms with Crippen LogP contribution < -0.4 is 5.32 Å². The van der Waals surface area contributed by atoms with Gasteiger partial charge in [-0.1, -0.05) is 13.8 Å². The largest absolute Gasteiger partial charge is 0.444 e. The molecule has 0 radical (unpaired) electrons. The molecule has 2 rings (SSSR count). The molecule has 0 aromatic carbocycles. The van der Waals surface area contributed by atoms with Crippen LogP contribution in [0, 0.1) is 5.92 Å². The van der Waals surface area contributed by atoms with Gasteiger partial charge in [0.05, 0.1) is 12.1 Å². The number of nitrogens with zero attached hydrogens (tertiary/aromatic N) is 2. The molecule has 2 N–H and O–H groups in total. The van der Waals surface area contributed by atoms with Crippen LogP contribution in [0.4, 0.5) is 4.79 Å². The van der Waals surface area contributed by atoms with Gasteiger partial charge >= 0.3 is 6.09 Å². The molecule has 2 unspecified atom stereocenters. The van der Waals surface area contributed by atoms with Crippen LogP contribution in [0.1, 0.15) is 61.3 Å². The van der Waals surface area contributed by atoms with E-state index in [2.05, 4.69) is 5.32 Å². The third kappa shape index (κ3) is 3.97. The fourth-order valence-electron chi connectivity index (χ4n) is 4.17. The van der Waals surface area contributed by atoms with E-state index in [0.29, 0.717) is 25.9 Å². The fourth-order valence-corrected chi connectivity index (χ4v) is 4.17. The summed E-state index contributed by atoms with van der Waals surface area (Å²) in [5, 5.41) is 13.0. The third-order valence-electron chi connectivity index (χ3n) is 5.46. The fraction of sp³-hybridized carbons (Fsp3) is 0.850. The molecule has 0 aliphatic carbocycles. The number of hydrogen-bond donors (Lipinski definition) is 2. The van der Waals surface area contributed by atoms with Gasteiger partial charge in [-0.3, -0.25) is 14.5 Å². The molecule has 2 fully saturated rings. The van der Waals surface area contributed by atoms with E-state index in [-0.39, 0.29) is 23.8 Å². The second-order valence-electron chi connectivity index (χ2n) is 9.37. The van der Waals surface area contributed by atoms with Gasteiger partial charge in [0.1, 0.15) is 17.2 Å². The van der Waals surface area contributed by atoms with Crippen molar-refractivity contribution < 1.29 is 24.2 Å². The van der Waals surface area contributed by atoms with E-state index in [1.54, 1.807) is 20.8 Å². The van der Waals surface area contributed by atoms with Gasteiger partial charge in [-0.2, -0.15) is 0 Å². The van der Waals surface area contributed by atoms with Crippen LogP contribution in [0.15, 0.2) is 0 Å². The molecular weight excluding hydrogens is 362 g/mol. The van der Waals surface area contributed by atoms with Gasteiger partial charge in [-0.15, -0.1) is 0 Å². The molecule has 8 nitrogen and oxygen atoms in total. The van der Waals surface area contributed by atoms with Crippen LogP contribution in [0.3, 0.4) is 0 Å². The summed E-state index contributed by atoms with van der Waals surface area (Å²) in [5.41, 5.74) is -1.65. The van der Waals surface area contributed by atoms with Crippen LogP contribution in [0.5, 0.6) is 0 Å². The molecule has 0 aromatic rings. The van der Waals surface area contributed by atoms with E-state index in [0.717, 1.165) is 0 Å². The summed E-state index contributed by atoms with van der Waals surface area (Å²) < 4.78 is 5.49. The van der Waals surface area contributed by atoms with Gasteiger partial charge in [-0.25, -0.2) is 4.79 Å². The highest BCUT2D eigenvalue weighted by atomic mass is 16.6. The Morgan fingerprint density at radius 2 is 1.93 bits per heavy atom. The smallest absolute Gasteiger partial charge is 0.411 e. The van der Waals surface area contributed by atoms with Crippen LogP contribution in [0.2, 0.25) is 0 Å². The number of carbonyl (C=O) groups excluding carboxylic acids is 3. The Morgan fingerprint density at radius 1 is 1.32 bits per heavy atom. The minimum atomic E-state index is -1.02. The molecule has 28 heavy (non-hydrogen) atoms.